The molecule has 1 amide bonds. The van der Waals surface area contributed by atoms with Crippen LogP contribution in [0, 0.1) is 0 Å². The summed E-state index contributed by atoms with van der Waals surface area (Å²) >= 11 is 6.10. The first-order valence-corrected chi connectivity index (χ1v) is 8.96. The second-order valence-electron chi connectivity index (χ2n) is 6.20. The minimum Gasteiger partial charge on any atom is -0.480 e. The highest BCUT2D eigenvalue weighted by atomic mass is 35.5. The van der Waals surface area contributed by atoms with Gasteiger partial charge < -0.3 is 19.6 Å². The average Bonchev–Trinajstić information content (AvgIpc) is 2.68. The molecule has 0 unspecified atom stereocenters. The molecule has 1 saturated heterocycles. The average molecular weight is 390 g/mol. The van der Waals surface area contributed by atoms with Crippen molar-refractivity contribution in [2.45, 2.75) is 6.42 Å². The largest absolute Gasteiger partial charge is 0.480 e. The molecule has 142 valence electrons. The normalized spacial score (nSPS) is 14.1. The van der Waals surface area contributed by atoms with Crippen LogP contribution >= 0.6 is 11.6 Å². The number of carbonyl (C=O) groups excluding carboxylic acids is 1. The number of carboxylic acids is 1. The van der Waals surface area contributed by atoms with E-state index in [1.54, 1.807) is 30.6 Å². The number of halogens is 1. The van der Waals surface area contributed by atoms with E-state index in [1.165, 1.54) is 0 Å². The summed E-state index contributed by atoms with van der Waals surface area (Å²) in [5.74, 6) is -0.505. The fourth-order valence-electron chi connectivity index (χ4n) is 2.99. The summed E-state index contributed by atoms with van der Waals surface area (Å²) in [6, 6.07) is 8.79. The first-order chi connectivity index (χ1) is 13.0. The number of carboxylic acid groups (broad SMARTS) is 1. The number of anilines is 1. The third-order valence-electron chi connectivity index (χ3n) is 4.32. The Kier molecular flexibility index (Phi) is 6.13. The van der Waals surface area contributed by atoms with Gasteiger partial charge in [-0.3, -0.25) is 9.78 Å². The van der Waals surface area contributed by atoms with Gasteiger partial charge >= 0.3 is 5.97 Å². The Morgan fingerprint density at radius 1 is 1.19 bits per heavy atom. The van der Waals surface area contributed by atoms with Crippen molar-refractivity contribution >= 4 is 29.2 Å². The van der Waals surface area contributed by atoms with Gasteiger partial charge in [0.1, 0.15) is 5.75 Å². The van der Waals surface area contributed by atoms with Crippen LogP contribution in [0.4, 0.5) is 5.69 Å². The van der Waals surface area contributed by atoms with E-state index in [0.29, 0.717) is 43.4 Å². The number of piperazine rings is 1. The Balaban J connectivity index is 1.62. The van der Waals surface area contributed by atoms with Crippen molar-refractivity contribution in [3.63, 3.8) is 0 Å². The van der Waals surface area contributed by atoms with Gasteiger partial charge in [0.05, 0.1) is 12.1 Å². The van der Waals surface area contributed by atoms with Crippen LogP contribution in [0.5, 0.6) is 5.75 Å². The Hall–Kier alpha value is -2.80. The number of ether oxygens (including phenoxy) is 1. The van der Waals surface area contributed by atoms with E-state index in [4.69, 9.17) is 21.4 Å². The zero-order chi connectivity index (χ0) is 19.2. The fourth-order valence-corrected chi connectivity index (χ4v) is 3.15. The van der Waals surface area contributed by atoms with Gasteiger partial charge in [-0.2, -0.15) is 0 Å². The molecule has 0 atom stereocenters. The SMILES string of the molecule is O=C(O)COc1ccc(Cl)cc1N1CCN(C(=O)Cc2cccnc2)CC1. The van der Waals surface area contributed by atoms with Crippen LogP contribution in [0.15, 0.2) is 42.7 Å². The molecular formula is C19H20ClN3O4. The smallest absolute Gasteiger partial charge is 0.341 e. The van der Waals surface area contributed by atoms with Crippen LogP contribution in [-0.2, 0) is 16.0 Å². The van der Waals surface area contributed by atoms with Gasteiger partial charge in [-0.1, -0.05) is 17.7 Å². The lowest BCUT2D eigenvalue weighted by Crippen LogP contribution is -2.49. The molecule has 2 aromatic rings. The lowest BCUT2D eigenvalue weighted by molar-refractivity contribution is -0.139. The number of pyridine rings is 1. The third-order valence-corrected chi connectivity index (χ3v) is 4.56. The molecular weight excluding hydrogens is 370 g/mol. The van der Waals surface area contributed by atoms with Crippen molar-refractivity contribution in [1.29, 1.82) is 0 Å². The standard InChI is InChI=1S/C19H20ClN3O4/c20-15-3-4-17(27-13-19(25)26)16(11-15)22-6-8-23(9-7-22)18(24)10-14-2-1-5-21-12-14/h1-5,11-12H,6-10,13H2,(H,25,26). The molecule has 27 heavy (non-hydrogen) atoms. The van der Waals surface area contributed by atoms with Crippen molar-refractivity contribution in [3.8, 4) is 5.75 Å². The van der Waals surface area contributed by atoms with Gasteiger partial charge in [0.2, 0.25) is 5.91 Å². The number of aromatic nitrogens is 1. The molecule has 0 bridgehead atoms. The van der Waals surface area contributed by atoms with Gasteiger partial charge in [-0.05, 0) is 29.8 Å². The number of aliphatic carboxylic acids is 1. The van der Waals surface area contributed by atoms with Gasteiger partial charge in [-0.25, -0.2) is 4.79 Å². The highest BCUT2D eigenvalue weighted by Crippen LogP contribution is 2.32. The minimum absolute atomic E-state index is 0.0658. The molecule has 0 spiro atoms. The van der Waals surface area contributed by atoms with Crippen LogP contribution < -0.4 is 9.64 Å². The van der Waals surface area contributed by atoms with Crippen LogP contribution in [0.1, 0.15) is 5.56 Å². The van der Waals surface area contributed by atoms with Gasteiger partial charge in [-0.15, -0.1) is 0 Å². The predicted molar refractivity (Wildman–Crippen MR) is 101 cm³/mol. The van der Waals surface area contributed by atoms with E-state index in [2.05, 4.69) is 9.88 Å². The van der Waals surface area contributed by atoms with E-state index in [0.717, 1.165) is 11.3 Å². The van der Waals surface area contributed by atoms with Crippen molar-refractivity contribution in [3.05, 3.63) is 53.3 Å². The zero-order valence-electron chi connectivity index (χ0n) is 14.7. The molecule has 0 radical (unpaired) electrons. The highest BCUT2D eigenvalue weighted by molar-refractivity contribution is 6.30. The zero-order valence-corrected chi connectivity index (χ0v) is 15.4. The van der Waals surface area contributed by atoms with Gasteiger partial charge in [0.15, 0.2) is 6.61 Å². The summed E-state index contributed by atoms with van der Waals surface area (Å²) in [5, 5.41) is 9.38. The highest BCUT2D eigenvalue weighted by Gasteiger charge is 2.23. The second kappa shape index (κ2) is 8.73. The van der Waals surface area contributed by atoms with Crippen LogP contribution in [0.2, 0.25) is 5.02 Å². The number of nitrogens with zero attached hydrogens (tertiary/aromatic N) is 3. The lowest BCUT2D eigenvalue weighted by atomic mass is 10.1. The van der Waals surface area contributed by atoms with Gasteiger partial charge in [0, 0.05) is 43.6 Å². The van der Waals surface area contributed by atoms with Crippen molar-refractivity contribution < 1.29 is 19.4 Å². The Morgan fingerprint density at radius 3 is 2.63 bits per heavy atom. The number of hydrogen-bond donors (Lipinski definition) is 1. The maximum atomic E-state index is 12.5. The predicted octanol–water partition coefficient (Wildman–Crippen LogP) is 2.09. The third kappa shape index (κ3) is 5.10. The maximum absolute atomic E-state index is 12.5. The first-order valence-electron chi connectivity index (χ1n) is 8.58. The van der Waals surface area contributed by atoms with Crippen molar-refractivity contribution in [1.82, 2.24) is 9.88 Å². The van der Waals surface area contributed by atoms with Crippen LogP contribution in [-0.4, -0.2) is 59.7 Å². The summed E-state index contributed by atoms with van der Waals surface area (Å²) in [4.78, 5) is 31.2. The summed E-state index contributed by atoms with van der Waals surface area (Å²) in [7, 11) is 0. The molecule has 1 aromatic heterocycles. The van der Waals surface area contributed by atoms with E-state index >= 15 is 0 Å². The number of amides is 1. The van der Waals surface area contributed by atoms with E-state index < -0.39 is 12.6 Å². The Morgan fingerprint density at radius 2 is 1.96 bits per heavy atom. The Bertz CT molecular complexity index is 808. The van der Waals surface area contributed by atoms with E-state index in [-0.39, 0.29) is 5.91 Å². The lowest BCUT2D eigenvalue weighted by Gasteiger charge is -2.36. The summed E-state index contributed by atoms with van der Waals surface area (Å²) < 4.78 is 5.37. The molecule has 8 heteroatoms. The monoisotopic (exact) mass is 389 g/mol. The summed E-state index contributed by atoms with van der Waals surface area (Å²) in [5.41, 5.74) is 1.63. The molecule has 1 N–H and O–H groups in total. The summed E-state index contributed by atoms with van der Waals surface area (Å²) in [6.45, 7) is 1.96. The second-order valence-corrected chi connectivity index (χ2v) is 6.64. The van der Waals surface area contributed by atoms with Crippen molar-refractivity contribution in [2.24, 2.45) is 0 Å². The van der Waals surface area contributed by atoms with Gasteiger partial charge in [0.25, 0.3) is 0 Å². The number of hydrogen-bond acceptors (Lipinski definition) is 5. The van der Waals surface area contributed by atoms with E-state index in [9.17, 15) is 9.59 Å². The molecule has 1 aliphatic rings. The molecule has 0 aliphatic carbocycles. The fraction of sp³-hybridized carbons (Fsp3) is 0.316. The minimum atomic E-state index is -1.04. The Labute approximate surface area is 162 Å². The summed E-state index contributed by atoms with van der Waals surface area (Å²) in [6.07, 6.45) is 3.71. The quantitative estimate of drug-likeness (QED) is 0.814. The molecule has 2 heterocycles. The molecule has 1 aliphatic heterocycles. The number of rotatable bonds is 6. The first kappa shape index (κ1) is 19.0. The van der Waals surface area contributed by atoms with E-state index in [1.807, 2.05) is 17.0 Å². The van der Waals surface area contributed by atoms with Crippen LogP contribution in [0.25, 0.3) is 0 Å². The van der Waals surface area contributed by atoms with Crippen LogP contribution in [0.3, 0.4) is 0 Å². The topological polar surface area (TPSA) is 83.0 Å². The maximum Gasteiger partial charge on any atom is 0.341 e. The molecule has 7 nitrogen and oxygen atoms in total. The number of benzene rings is 1. The molecule has 3 rings (SSSR count). The molecule has 0 saturated carbocycles. The van der Waals surface area contributed by atoms with Crippen molar-refractivity contribution in [2.75, 3.05) is 37.7 Å². The number of carbonyl (C=O) groups is 2. The molecule has 1 fully saturated rings. The molecule has 1 aromatic carbocycles.